The van der Waals surface area contributed by atoms with Crippen molar-refractivity contribution in [1.29, 1.82) is 0 Å². The number of ketones is 1. The maximum absolute atomic E-state index is 12.0. The summed E-state index contributed by atoms with van der Waals surface area (Å²) in [6.45, 7) is 8.75. The number of carbonyl (C=O) groups is 2. The van der Waals surface area contributed by atoms with Crippen LogP contribution in [0.1, 0.15) is 34.2 Å². The van der Waals surface area contributed by atoms with Crippen molar-refractivity contribution in [2.24, 2.45) is 5.10 Å². The molecule has 0 aliphatic carbocycles. The Morgan fingerprint density at radius 1 is 1.18 bits per heavy atom. The predicted octanol–water partition coefficient (Wildman–Crippen LogP) is 2.08. The van der Waals surface area contributed by atoms with Crippen molar-refractivity contribution in [3.63, 3.8) is 0 Å². The fraction of sp³-hybridized carbons (Fsp3) is 0.381. The fourth-order valence-electron chi connectivity index (χ4n) is 3.33. The van der Waals surface area contributed by atoms with Crippen molar-refractivity contribution in [3.8, 4) is 5.69 Å². The third-order valence-corrected chi connectivity index (χ3v) is 4.87. The number of aryl methyl sites for hydroxylation is 1. The summed E-state index contributed by atoms with van der Waals surface area (Å²) in [5, 5.41) is 4.11. The molecular weight excluding hydrogens is 356 g/mol. The highest BCUT2D eigenvalue weighted by Crippen LogP contribution is 2.20. The van der Waals surface area contributed by atoms with Crippen LogP contribution in [0.2, 0.25) is 0 Å². The first-order valence-electron chi connectivity index (χ1n) is 9.38. The van der Waals surface area contributed by atoms with Gasteiger partial charge >= 0.3 is 0 Å². The second kappa shape index (κ2) is 8.95. The van der Waals surface area contributed by atoms with E-state index < -0.39 is 0 Å². The molecule has 1 aliphatic heterocycles. The molecule has 7 nitrogen and oxygen atoms in total. The van der Waals surface area contributed by atoms with Gasteiger partial charge in [0.25, 0.3) is 5.91 Å². The Morgan fingerprint density at radius 3 is 2.50 bits per heavy atom. The maximum atomic E-state index is 12.0. The number of benzene rings is 1. The van der Waals surface area contributed by atoms with Gasteiger partial charge in [0.2, 0.25) is 0 Å². The molecule has 0 saturated carbocycles. The predicted molar refractivity (Wildman–Crippen MR) is 108 cm³/mol. The van der Waals surface area contributed by atoms with E-state index in [1.54, 1.807) is 13.1 Å². The summed E-state index contributed by atoms with van der Waals surface area (Å²) in [4.78, 5) is 25.5. The molecule has 2 aromatic rings. The van der Waals surface area contributed by atoms with Crippen molar-refractivity contribution < 1.29 is 14.3 Å². The van der Waals surface area contributed by atoms with Crippen LogP contribution in [0.5, 0.6) is 0 Å². The van der Waals surface area contributed by atoms with Gasteiger partial charge in [0.15, 0.2) is 5.78 Å². The first-order chi connectivity index (χ1) is 13.5. The van der Waals surface area contributed by atoms with Gasteiger partial charge in [-0.15, -0.1) is 0 Å². The second-order valence-corrected chi connectivity index (χ2v) is 6.95. The van der Waals surface area contributed by atoms with Gasteiger partial charge in [-0.2, -0.15) is 5.10 Å². The largest absolute Gasteiger partial charge is 0.379 e. The molecule has 1 N–H and O–H groups in total. The van der Waals surface area contributed by atoms with Gasteiger partial charge in [0.1, 0.15) is 0 Å². The first kappa shape index (κ1) is 20.0. The number of hydrazone groups is 1. The quantitative estimate of drug-likeness (QED) is 0.472. The number of nitrogens with one attached hydrogen (secondary N) is 1. The number of hydrogen-bond acceptors (Lipinski definition) is 5. The third kappa shape index (κ3) is 4.74. The van der Waals surface area contributed by atoms with Crippen LogP contribution in [0.25, 0.3) is 5.69 Å². The number of hydrogen-bond donors (Lipinski definition) is 1. The van der Waals surface area contributed by atoms with E-state index in [1.165, 1.54) is 0 Å². The standard InChI is InChI=1S/C21H26N4O3/c1-15-12-19(13-22-23-21(27)14-24-8-10-28-11-9-24)16(2)25(15)20-6-4-18(5-7-20)17(3)26/h4-7,12-13H,8-11,14H2,1-3H3,(H,23,27)/b22-13+. The van der Waals surface area contributed by atoms with Crippen molar-refractivity contribution in [3.05, 3.63) is 52.8 Å². The third-order valence-electron chi connectivity index (χ3n) is 4.87. The van der Waals surface area contributed by atoms with Crippen molar-refractivity contribution in [1.82, 2.24) is 14.9 Å². The van der Waals surface area contributed by atoms with Gasteiger partial charge in [-0.05, 0) is 51.1 Å². The first-order valence-corrected chi connectivity index (χ1v) is 9.38. The number of morpholine rings is 1. The minimum Gasteiger partial charge on any atom is -0.379 e. The molecule has 7 heteroatoms. The number of ether oxygens (including phenoxy) is 1. The minimum absolute atomic E-state index is 0.0492. The van der Waals surface area contributed by atoms with Gasteiger partial charge < -0.3 is 9.30 Å². The summed E-state index contributed by atoms with van der Waals surface area (Å²) in [6, 6.07) is 9.54. The topological polar surface area (TPSA) is 75.9 Å². The lowest BCUT2D eigenvalue weighted by molar-refractivity contribution is -0.123. The summed E-state index contributed by atoms with van der Waals surface area (Å²) in [5.74, 6) is -0.0834. The lowest BCUT2D eigenvalue weighted by Crippen LogP contribution is -2.42. The molecule has 2 heterocycles. The number of amides is 1. The van der Waals surface area contributed by atoms with E-state index in [0.29, 0.717) is 25.3 Å². The van der Waals surface area contributed by atoms with E-state index in [0.717, 1.165) is 35.7 Å². The van der Waals surface area contributed by atoms with E-state index in [-0.39, 0.29) is 11.7 Å². The molecule has 28 heavy (non-hydrogen) atoms. The van der Waals surface area contributed by atoms with Crippen LogP contribution in [-0.2, 0) is 9.53 Å². The van der Waals surface area contributed by atoms with Gasteiger partial charge in [-0.3, -0.25) is 14.5 Å². The molecule has 148 valence electrons. The molecule has 0 bridgehead atoms. The molecule has 1 aromatic carbocycles. The van der Waals surface area contributed by atoms with Gasteiger partial charge in [-0.25, -0.2) is 5.43 Å². The number of aromatic nitrogens is 1. The van der Waals surface area contributed by atoms with E-state index >= 15 is 0 Å². The molecule has 0 atom stereocenters. The summed E-state index contributed by atoms with van der Waals surface area (Å²) >= 11 is 0. The Bertz CT molecular complexity index is 878. The summed E-state index contributed by atoms with van der Waals surface area (Å²) in [6.07, 6.45) is 1.67. The van der Waals surface area contributed by atoms with Gasteiger partial charge in [0, 0.05) is 41.3 Å². The Labute approximate surface area is 165 Å². The Kier molecular flexibility index (Phi) is 6.38. The Morgan fingerprint density at radius 2 is 1.86 bits per heavy atom. The average Bonchev–Trinajstić information content (AvgIpc) is 2.96. The van der Waals surface area contributed by atoms with E-state index in [4.69, 9.17) is 4.74 Å². The van der Waals surface area contributed by atoms with Crippen LogP contribution in [0.3, 0.4) is 0 Å². The monoisotopic (exact) mass is 382 g/mol. The summed E-state index contributed by atoms with van der Waals surface area (Å²) < 4.78 is 7.38. The fourth-order valence-corrected chi connectivity index (χ4v) is 3.33. The number of rotatable bonds is 6. The smallest absolute Gasteiger partial charge is 0.254 e. The zero-order chi connectivity index (χ0) is 20.1. The zero-order valence-corrected chi connectivity index (χ0v) is 16.6. The molecule has 0 spiro atoms. The Balaban J connectivity index is 1.66. The van der Waals surface area contributed by atoms with E-state index in [1.807, 2.05) is 49.1 Å². The molecule has 3 rings (SSSR count). The molecule has 0 unspecified atom stereocenters. The highest BCUT2D eigenvalue weighted by atomic mass is 16.5. The van der Waals surface area contributed by atoms with Crippen LogP contribution in [0, 0.1) is 13.8 Å². The normalized spacial score (nSPS) is 15.1. The molecule has 0 radical (unpaired) electrons. The van der Waals surface area contributed by atoms with Crippen molar-refractivity contribution in [2.75, 3.05) is 32.8 Å². The van der Waals surface area contributed by atoms with Crippen molar-refractivity contribution in [2.45, 2.75) is 20.8 Å². The van der Waals surface area contributed by atoms with Gasteiger partial charge in [-0.1, -0.05) is 0 Å². The highest BCUT2D eigenvalue weighted by molar-refractivity contribution is 5.94. The number of carbonyl (C=O) groups excluding carboxylic acids is 2. The number of nitrogens with zero attached hydrogens (tertiary/aromatic N) is 3. The van der Waals surface area contributed by atoms with Crippen LogP contribution >= 0.6 is 0 Å². The SMILES string of the molecule is CC(=O)c1ccc(-n2c(C)cc(/C=N/NC(=O)CN3CCOCC3)c2C)cc1. The lowest BCUT2D eigenvalue weighted by atomic mass is 10.1. The Hall–Kier alpha value is -2.77. The number of Topliss-reactive ketones (excluding diaryl/α,β-unsaturated/α-hetero) is 1. The molecular formula is C21H26N4O3. The van der Waals surface area contributed by atoms with Crippen LogP contribution in [0.4, 0.5) is 0 Å². The van der Waals surface area contributed by atoms with Crippen molar-refractivity contribution >= 4 is 17.9 Å². The van der Waals surface area contributed by atoms with Crippen LogP contribution in [0.15, 0.2) is 35.4 Å². The molecule has 1 saturated heterocycles. The van der Waals surface area contributed by atoms with Crippen LogP contribution in [-0.4, -0.2) is 60.2 Å². The zero-order valence-electron chi connectivity index (χ0n) is 16.6. The van der Waals surface area contributed by atoms with Gasteiger partial charge in [0.05, 0.1) is 26.0 Å². The maximum Gasteiger partial charge on any atom is 0.254 e. The molecule has 1 fully saturated rings. The highest BCUT2D eigenvalue weighted by Gasteiger charge is 2.14. The van der Waals surface area contributed by atoms with Crippen LogP contribution < -0.4 is 5.43 Å². The summed E-state index contributed by atoms with van der Waals surface area (Å²) in [5.41, 5.74) is 7.26. The minimum atomic E-state index is -0.133. The molecule has 1 aromatic heterocycles. The van der Waals surface area contributed by atoms with E-state index in [2.05, 4.69) is 15.1 Å². The molecule has 1 aliphatic rings. The van der Waals surface area contributed by atoms with E-state index in [9.17, 15) is 9.59 Å². The average molecular weight is 382 g/mol. The second-order valence-electron chi connectivity index (χ2n) is 6.95. The lowest BCUT2D eigenvalue weighted by Gasteiger charge is -2.25. The molecule has 1 amide bonds. The summed E-state index contributed by atoms with van der Waals surface area (Å²) in [7, 11) is 0.